The quantitative estimate of drug-likeness (QED) is 0.738. The van der Waals surface area contributed by atoms with Crippen molar-refractivity contribution in [3.8, 4) is 17.1 Å². The van der Waals surface area contributed by atoms with E-state index in [2.05, 4.69) is 5.32 Å². The van der Waals surface area contributed by atoms with Gasteiger partial charge in [-0.2, -0.15) is 0 Å². The van der Waals surface area contributed by atoms with Gasteiger partial charge >= 0.3 is 0 Å². The molecule has 3 rings (SSSR count). The van der Waals surface area contributed by atoms with Gasteiger partial charge in [-0.05, 0) is 38.1 Å². The van der Waals surface area contributed by atoms with Crippen LogP contribution in [0.1, 0.15) is 13.8 Å². The van der Waals surface area contributed by atoms with Gasteiger partial charge in [0.2, 0.25) is 0 Å². The van der Waals surface area contributed by atoms with Crippen LogP contribution in [-0.4, -0.2) is 24.4 Å². The first-order valence-electron chi connectivity index (χ1n) is 7.59. The molecule has 1 aromatic heterocycles. The van der Waals surface area contributed by atoms with Gasteiger partial charge in [0.25, 0.3) is 0 Å². The van der Waals surface area contributed by atoms with E-state index in [1.807, 2.05) is 62.4 Å². The second kappa shape index (κ2) is 5.97. The van der Waals surface area contributed by atoms with Crippen molar-refractivity contribution in [3.05, 3.63) is 48.5 Å². The molecular weight excluding hydrogens is 290 g/mol. The molecule has 0 atom stereocenters. The number of methoxy groups -OCH3 is 1. The molecule has 0 fully saturated rings. The summed E-state index contributed by atoms with van der Waals surface area (Å²) in [4.78, 5) is 0. The molecule has 4 nitrogen and oxygen atoms in total. The Morgan fingerprint density at radius 3 is 2.65 bits per heavy atom. The minimum Gasteiger partial charge on any atom is -0.497 e. The number of furan rings is 1. The van der Waals surface area contributed by atoms with Crippen LogP contribution < -0.4 is 10.1 Å². The summed E-state index contributed by atoms with van der Waals surface area (Å²) in [6, 6.07) is 15.6. The molecule has 0 unspecified atom stereocenters. The van der Waals surface area contributed by atoms with Crippen molar-refractivity contribution in [1.82, 2.24) is 0 Å². The minimum absolute atomic E-state index is 0.0179. The molecule has 0 amide bonds. The summed E-state index contributed by atoms with van der Waals surface area (Å²) >= 11 is 0. The molecule has 23 heavy (non-hydrogen) atoms. The summed E-state index contributed by atoms with van der Waals surface area (Å²) in [6.07, 6.45) is 0. The normalized spacial score (nSPS) is 11.7. The zero-order valence-corrected chi connectivity index (χ0v) is 13.6. The maximum atomic E-state index is 9.60. The molecule has 4 heteroatoms. The number of fused-ring (bicyclic) bond motifs is 1. The van der Waals surface area contributed by atoms with E-state index in [1.54, 1.807) is 7.11 Å². The number of para-hydroxylation sites is 1. The first-order valence-corrected chi connectivity index (χ1v) is 7.59. The standard InChI is InChI=1S/C19H21NO3/c1-19(2,12-21)20-17-15-9-4-5-10-16(15)23-18(17)13-7-6-8-14(11-13)22-3/h4-11,20-21H,12H2,1-3H3. The number of hydrogen-bond acceptors (Lipinski definition) is 4. The van der Waals surface area contributed by atoms with Crippen LogP contribution in [0.4, 0.5) is 5.69 Å². The number of rotatable bonds is 5. The molecule has 2 N–H and O–H groups in total. The van der Waals surface area contributed by atoms with Crippen LogP contribution in [0.2, 0.25) is 0 Å². The molecular formula is C19H21NO3. The first-order chi connectivity index (χ1) is 11.0. The van der Waals surface area contributed by atoms with E-state index in [9.17, 15) is 5.11 Å². The van der Waals surface area contributed by atoms with Crippen molar-refractivity contribution in [2.45, 2.75) is 19.4 Å². The van der Waals surface area contributed by atoms with Crippen LogP contribution >= 0.6 is 0 Å². The summed E-state index contributed by atoms with van der Waals surface area (Å²) in [5, 5.41) is 14.0. The average molecular weight is 311 g/mol. The summed E-state index contributed by atoms with van der Waals surface area (Å²) < 4.78 is 11.4. The molecule has 0 saturated carbocycles. The van der Waals surface area contributed by atoms with Crippen LogP contribution in [-0.2, 0) is 0 Å². The Bertz CT molecular complexity index is 820. The van der Waals surface area contributed by atoms with E-state index in [0.29, 0.717) is 0 Å². The van der Waals surface area contributed by atoms with Gasteiger partial charge in [-0.3, -0.25) is 0 Å². The highest BCUT2D eigenvalue weighted by molar-refractivity contribution is 5.99. The number of anilines is 1. The lowest BCUT2D eigenvalue weighted by Crippen LogP contribution is -2.34. The SMILES string of the molecule is COc1cccc(-c2oc3ccccc3c2NC(C)(C)CO)c1. The second-order valence-corrected chi connectivity index (χ2v) is 6.20. The minimum atomic E-state index is -0.458. The van der Waals surface area contributed by atoms with Crippen molar-refractivity contribution < 1.29 is 14.3 Å². The largest absolute Gasteiger partial charge is 0.497 e. The van der Waals surface area contributed by atoms with E-state index < -0.39 is 5.54 Å². The Kier molecular flexibility index (Phi) is 4.01. The molecule has 120 valence electrons. The second-order valence-electron chi connectivity index (χ2n) is 6.20. The lowest BCUT2D eigenvalue weighted by Gasteiger charge is -2.25. The van der Waals surface area contributed by atoms with E-state index >= 15 is 0 Å². The lowest BCUT2D eigenvalue weighted by molar-refractivity contribution is 0.234. The predicted molar refractivity (Wildman–Crippen MR) is 93.0 cm³/mol. The third-order valence-corrected chi connectivity index (χ3v) is 3.79. The van der Waals surface area contributed by atoms with Gasteiger partial charge in [0.1, 0.15) is 11.3 Å². The number of hydrogen-bond donors (Lipinski definition) is 2. The number of ether oxygens (including phenoxy) is 1. The maximum absolute atomic E-state index is 9.60. The number of aliphatic hydroxyl groups excluding tert-OH is 1. The molecule has 0 aliphatic carbocycles. The van der Waals surface area contributed by atoms with Gasteiger partial charge in [-0.25, -0.2) is 0 Å². The molecule has 1 heterocycles. The Balaban J connectivity index is 2.19. The van der Waals surface area contributed by atoms with Crippen LogP contribution in [0.25, 0.3) is 22.3 Å². The smallest absolute Gasteiger partial charge is 0.158 e. The number of aliphatic hydroxyl groups is 1. The van der Waals surface area contributed by atoms with Gasteiger partial charge in [0.05, 0.1) is 24.9 Å². The Hall–Kier alpha value is -2.46. The molecule has 3 aromatic rings. The predicted octanol–water partition coefficient (Wildman–Crippen LogP) is 4.29. The zero-order valence-electron chi connectivity index (χ0n) is 13.6. The number of benzene rings is 2. The van der Waals surface area contributed by atoms with E-state index in [4.69, 9.17) is 9.15 Å². The van der Waals surface area contributed by atoms with Crippen molar-refractivity contribution in [2.75, 3.05) is 19.0 Å². The Labute approximate surface area is 135 Å². The Morgan fingerprint density at radius 2 is 1.91 bits per heavy atom. The lowest BCUT2D eigenvalue weighted by atomic mass is 10.0. The van der Waals surface area contributed by atoms with Crippen LogP contribution in [0.5, 0.6) is 5.75 Å². The van der Waals surface area contributed by atoms with Gasteiger partial charge in [-0.15, -0.1) is 0 Å². The summed E-state index contributed by atoms with van der Waals surface area (Å²) in [7, 11) is 1.64. The topological polar surface area (TPSA) is 54.6 Å². The highest BCUT2D eigenvalue weighted by atomic mass is 16.5. The monoisotopic (exact) mass is 311 g/mol. The fourth-order valence-electron chi connectivity index (χ4n) is 2.52. The zero-order chi connectivity index (χ0) is 16.4. The van der Waals surface area contributed by atoms with Gasteiger partial charge in [0, 0.05) is 10.9 Å². The van der Waals surface area contributed by atoms with Gasteiger partial charge in [0.15, 0.2) is 5.76 Å². The van der Waals surface area contributed by atoms with Crippen molar-refractivity contribution in [3.63, 3.8) is 0 Å². The molecule has 0 aliphatic rings. The third-order valence-electron chi connectivity index (χ3n) is 3.79. The van der Waals surface area contributed by atoms with Crippen LogP contribution in [0, 0.1) is 0 Å². The molecule has 0 saturated heterocycles. The first kappa shape index (κ1) is 15.4. The van der Waals surface area contributed by atoms with Crippen molar-refractivity contribution >= 4 is 16.7 Å². The van der Waals surface area contributed by atoms with Gasteiger partial charge in [-0.1, -0.05) is 24.3 Å². The fraction of sp³-hybridized carbons (Fsp3) is 0.263. The Morgan fingerprint density at radius 1 is 1.13 bits per heavy atom. The molecule has 0 radical (unpaired) electrons. The molecule has 2 aromatic carbocycles. The molecule has 0 aliphatic heterocycles. The van der Waals surface area contributed by atoms with Crippen molar-refractivity contribution in [1.29, 1.82) is 0 Å². The molecule has 0 bridgehead atoms. The summed E-state index contributed by atoms with van der Waals surface area (Å²) in [5.74, 6) is 1.52. The van der Waals surface area contributed by atoms with Crippen LogP contribution in [0.15, 0.2) is 52.9 Å². The van der Waals surface area contributed by atoms with E-state index in [1.165, 1.54) is 0 Å². The highest BCUT2D eigenvalue weighted by Crippen LogP contribution is 2.40. The molecule has 0 spiro atoms. The highest BCUT2D eigenvalue weighted by Gasteiger charge is 2.23. The van der Waals surface area contributed by atoms with Gasteiger partial charge < -0.3 is 19.6 Å². The third kappa shape index (κ3) is 3.03. The maximum Gasteiger partial charge on any atom is 0.158 e. The van der Waals surface area contributed by atoms with Crippen LogP contribution in [0.3, 0.4) is 0 Å². The van der Waals surface area contributed by atoms with E-state index in [-0.39, 0.29) is 6.61 Å². The fourth-order valence-corrected chi connectivity index (χ4v) is 2.52. The van der Waals surface area contributed by atoms with Crippen molar-refractivity contribution in [2.24, 2.45) is 0 Å². The number of nitrogens with one attached hydrogen (secondary N) is 1. The van der Waals surface area contributed by atoms with E-state index in [0.717, 1.165) is 33.7 Å². The summed E-state index contributed by atoms with van der Waals surface area (Å²) in [6.45, 7) is 3.91. The average Bonchev–Trinajstić information content (AvgIpc) is 2.93. The summed E-state index contributed by atoms with van der Waals surface area (Å²) in [5.41, 5.74) is 2.16.